The highest BCUT2D eigenvalue weighted by Crippen LogP contribution is 2.21. The van der Waals surface area contributed by atoms with Crippen LogP contribution in [0.1, 0.15) is 35.8 Å². The summed E-state index contributed by atoms with van der Waals surface area (Å²) in [4.78, 5) is 24.0. The highest BCUT2D eigenvalue weighted by Gasteiger charge is 2.11. The lowest BCUT2D eigenvalue weighted by Crippen LogP contribution is -2.23. The lowest BCUT2D eigenvalue weighted by atomic mass is 10.1. The Kier molecular flexibility index (Phi) is 6.45. The maximum atomic E-state index is 12.3. The number of aromatic amines is 1. The van der Waals surface area contributed by atoms with Crippen molar-refractivity contribution in [1.29, 1.82) is 0 Å². The zero-order chi connectivity index (χ0) is 19.9. The van der Waals surface area contributed by atoms with Gasteiger partial charge in [-0.1, -0.05) is 42.8 Å². The second kappa shape index (κ2) is 9.19. The first-order valence-corrected chi connectivity index (χ1v) is 9.41. The molecular weight excluding hydrogens is 376 g/mol. The van der Waals surface area contributed by atoms with E-state index in [9.17, 15) is 9.59 Å². The lowest BCUT2D eigenvalue weighted by Gasteiger charge is -2.07. The molecule has 0 saturated heterocycles. The van der Waals surface area contributed by atoms with Crippen LogP contribution in [0.25, 0.3) is 11.3 Å². The van der Waals surface area contributed by atoms with E-state index < -0.39 is 0 Å². The molecule has 28 heavy (non-hydrogen) atoms. The van der Waals surface area contributed by atoms with Gasteiger partial charge in [0.05, 0.1) is 5.69 Å². The van der Waals surface area contributed by atoms with Crippen LogP contribution in [0.4, 0.5) is 5.69 Å². The van der Waals surface area contributed by atoms with Gasteiger partial charge in [0.2, 0.25) is 5.91 Å². The number of nitrogens with one attached hydrogen (secondary N) is 3. The normalized spacial score (nSPS) is 10.5. The number of amides is 2. The van der Waals surface area contributed by atoms with Gasteiger partial charge in [-0.25, -0.2) is 0 Å². The number of hydrogen-bond acceptors (Lipinski definition) is 3. The van der Waals surface area contributed by atoms with Gasteiger partial charge in [-0.3, -0.25) is 14.7 Å². The minimum Gasteiger partial charge on any atom is -0.347 e. The van der Waals surface area contributed by atoms with E-state index >= 15 is 0 Å². The molecule has 0 atom stereocenters. The number of carbonyl (C=O) groups is 2. The quantitative estimate of drug-likeness (QED) is 0.553. The predicted molar refractivity (Wildman–Crippen MR) is 110 cm³/mol. The number of carbonyl (C=O) groups excluding carboxylic acids is 2. The van der Waals surface area contributed by atoms with Gasteiger partial charge >= 0.3 is 0 Å². The molecule has 2 amide bonds. The van der Waals surface area contributed by atoms with E-state index in [1.54, 1.807) is 18.2 Å². The lowest BCUT2D eigenvalue weighted by molar-refractivity contribution is -0.116. The first-order valence-electron chi connectivity index (χ1n) is 9.03. The van der Waals surface area contributed by atoms with Crippen molar-refractivity contribution in [3.63, 3.8) is 0 Å². The van der Waals surface area contributed by atoms with Gasteiger partial charge in [0.1, 0.15) is 5.69 Å². The average molecular weight is 397 g/mol. The van der Waals surface area contributed by atoms with E-state index in [2.05, 4.69) is 20.8 Å². The van der Waals surface area contributed by atoms with Crippen molar-refractivity contribution in [2.75, 3.05) is 5.32 Å². The summed E-state index contributed by atoms with van der Waals surface area (Å²) in [6, 6.07) is 16.4. The van der Waals surface area contributed by atoms with E-state index in [4.69, 9.17) is 11.6 Å². The largest absolute Gasteiger partial charge is 0.347 e. The molecule has 3 aromatic rings. The Labute approximate surface area is 168 Å². The van der Waals surface area contributed by atoms with E-state index in [0.717, 1.165) is 23.2 Å². The molecule has 0 saturated carbocycles. The van der Waals surface area contributed by atoms with Crippen LogP contribution in [0.2, 0.25) is 5.02 Å². The monoisotopic (exact) mass is 396 g/mol. The molecular formula is C21H21ClN4O2. The van der Waals surface area contributed by atoms with Crippen molar-refractivity contribution in [3.8, 4) is 11.3 Å². The molecule has 3 rings (SSSR count). The summed E-state index contributed by atoms with van der Waals surface area (Å²) < 4.78 is 0. The molecule has 0 radical (unpaired) electrons. The molecule has 0 aliphatic rings. The van der Waals surface area contributed by atoms with Crippen LogP contribution in [0, 0.1) is 0 Å². The summed E-state index contributed by atoms with van der Waals surface area (Å²) in [5, 5.41) is 13.2. The fourth-order valence-corrected chi connectivity index (χ4v) is 2.86. The fourth-order valence-electron chi connectivity index (χ4n) is 2.67. The Morgan fingerprint density at radius 3 is 2.61 bits per heavy atom. The second-order valence-corrected chi connectivity index (χ2v) is 6.79. The van der Waals surface area contributed by atoms with Crippen molar-refractivity contribution in [2.45, 2.75) is 26.3 Å². The summed E-state index contributed by atoms with van der Waals surface area (Å²) in [7, 11) is 0. The number of halogens is 1. The van der Waals surface area contributed by atoms with Crippen molar-refractivity contribution < 1.29 is 9.59 Å². The third kappa shape index (κ3) is 5.20. The fraction of sp³-hybridized carbons (Fsp3) is 0.190. The van der Waals surface area contributed by atoms with Crippen molar-refractivity contribution in [3.05, 3.63) is 70.9 Å². The Bertz CT molecular complexity index is 967. The van der Waals surface area contributed by atoms with Crippen LogP contribution < -0.4 is 10.6 Å². The van der Waals surface area contributed by atoms with E-state index in [0.29, 0.717) is 29.4 Å². The second-order valence-electron chi connectivity index (χ2n) is 6.35. The van der Waals surface area contributed by atoms with Gasteiger partial charge in [0.15, 0.2) is 0 Å². The zero-order valence-corrected chi connectivity index (χ0v) is 16.2. The van der Waals surface area contributed by atoms with Gasteiger partial charge in [-0.2, -0.15) is 5.10 Å². The molecule has 1 aromatic heterocycles. The molecule has 0 spiro atoms. The third-order valence-electron chi connectivity index (χ3n) is 4.11. The molecule has 0 aliphatic heterocycles. The summed E-state index contributed by atoms with van der Waals surface area (Å²) in [5.74, 6) is -0.251. The van der Waals surface area contributed by atoms with Gasteiger partial charge in [-0.05, 0) is 42.3 Å². The minimum atomic E-state index is -0.249. The average Bonchev–Trinajstić information content (AvgIpc) is 3.18. The Balaban J connectivity index is 1.56. The van der Waals surface area contributed by atoms with Crippen molar-refractivity contribution in [2.24, 2.45) is 0 Å². The number of anilines is 1. The van der Waals surface area contributed by atoms with Gasteiger partial charge in [-0.15, -0.1) is 0 Å². The molecule has 144 valence electrons. The predicted octanol–water partition coefficient (Wildman–Crippen LogP) is 4.40. The summed E-state index contributed by atoms with van der Waals surface area (Å²) in [6.07, 6.45) is 1.31. The van der Waals surface area contributed by atoms with E-state index in [1.165, 1.54) is 0 Å². The SMILES string of the molecule is CCCC(=O)Nc1ccc(CNC(=O)c2cc(-c3cccc(Cl)c3)n[nH]2)cc1. The molecule has 2 aromatic carbocycles. The van der Waals surface area contributed by atoms with Crippen LogP contribution in [0.3, 0.4) is 0 Å². The highest BCUT2D eigenvalue weighted by molar-refractivity contribution is 6.30. The molecule has 1 heterocycles. The maximum Gasteiger partial charge on any atom is 0.269 e. The maximum absolute atomic E-state index is 12.3. The molecule has 0 fully saturated rings. The minimum absolute atomic E-state index is 0.00157. The first-order chi connectivity index (χ1) is 13.5. The number of H-pyrrole nitrogens is 1. The van der Waals surface area contributed by atoms with E-state index in [-0.39, 0.29) is 11.8 Å². The van der Waals surface area contributed by atoms with Gasteiger partial charge in [0.25, 0.3) is 5.91 Å². The topological polar surface area (TPSA) is 86.9 Å². The summed E-state index contributed by atoms with van der Waals surface area (Å²) in [5.41, 5.74) is 3.53. The number of nitrogens with zero attached hydrogens (tertiary/aromatic N) is 1. The van der Waals surface area contributed by atoms with Crippen molar-refractivity contribution in [1.82, 2.24) is 15.5 Å². The Morgan fingerprint density at radius 2 is 1.89 bits per heavy atom. The Hall–Kier alpha value is -3.12. The number of hydrogen-bond donors (Lipinski definition) is 3. The molecule has 0 bridgehead atoms. The Morgan fingerprint density at radius 1 is 1.11 bits per heavy atom. The summed E-state index contributed by atoms with van der Waals surface area (Å²) >= 11 is 6.00. The van der Waals surface area contributed by atoms with Gasteiger partial charge < -0.3 is 10.6 Å². The van der Waals surface area contributed by atoms with Crippen LogP contribution in [0.5, 0.6) is 0 Å². The van der Waals surface area contributed by atoms with E-state index in [1.807, 2.05) is 43.3 Å². The smallest absolute Gasteiger partial charge is 0.269 e. The number of benzene rings is 2. The molecule has 3 N–H and O–H groups in total. The molecule has 7 heteroatoms. The number of aromatic nitrogens is 2. The van der Waals surface area contributed by atoms with Crippen LogP contribution in [-0.4, -0.2) is 22.0 Å². The van der Waals surface area contributed by atoms with Crippen LogP contribution >= 0.6 is 11.6 Å². The zero-order valence-electron chi connectivity index (χ0n) is 15.5. The third-order valence-corrected chi connectivity index (χ3v) is 4.35. The molecule has 0 unspecified atom stereocenters. The van der Waals surface area contributed by atoms with Crippen LogP contribution in [-0.2, 0) is 11.3 Å². The number of rotatable bonds is 7. The molecule has 6 nitrogen and oxygen atoms in total. The van der Waals surface area contributed by atoms with Crippen molar-refractivity contribution >= 4 is 29.1 Å². The first kappa shape index (κ1) is 19.6. The molecule has 0 aliphatic carbocycles. The highest BCUT2D eigenvalue weighted by atomic mass is 35.5. The van der Waals surface area contributed by atoms with Gasteiger partial charge in [0, 0.05) is 29.2 Å². The summed E-state index contributed by atoms with van der Waals surface area (Å²) in [6.45, 7) is 2.33. The standard InChI is InChI=1S/C21H21ClN4O2/c1-2-4-20(27)24-17-9-7-14(8-10-17)13-23-21(28)19-12-18(25-26-19)15-5-3-6-16(22)11-15/h3,5-12H,2,4,13H2,1H3,(H,23,28)(H,24,27)(H,25,26). The van der Waals surface area contributed by atoms with Crippen LogP contribution in [0.15, 0.2) is 54.6 Å².